The highest BCUT2D eigenvalue weighted by molar-refractivity contribution is 6.13. The van der Waals surface area contributed by atoms with Crippen LogP contribution in [-0.4, -0.2) is 4.98 Å². The van der Waals surface area contributed by atoms with Crippen molar-refractivity contribution in [1.82, 2.24) is 4.98 Å². The smallest absolute Gasteiger partial charge is 0.161 e. The highest BCUT2D eigenvalue weighted by Gasteiger charge is 2.32. The molecule has 0 N–H and O–H groups in total. The van der Waals surface area contributed by atoms with Crippen molar-refractivity contribution in [2.45, 2.75) is 0 Å². The summed E-state index contributed by atoms with van der Waals surface area (Å²) in [5.41, 5.74) is 10.3. The van der Waals surface area contributed by atoms with Gasteiger partial charge in [-0.25, -0.2) is 0 Å². The average Bonchev–Trinajstić information content (AvgIpc) is 3.46. The Balaban J connectivity index is 1.28. The summed E-state index contributed by atoms with van der Waals surface area (Å²) in [5.74, 6) is 0.449. The molecule has 2 atom stereocenters. The number of hydrogen-bond acceptors (Lipinski definition) is 2. The van der Waals surface area contributed by atoms with Gasteiger partial charge in [0.15, 0.2) is 5.58 Å². The van der Waals surface area contributed by atoms with E-state index in [4.69, 9.17) is 9.40 Å². The van der Waals surface area contributed by atoms with Crippen molar-refractivity contribution in [2.75, 3.05) is 0 Å². The molecule has 2 aliphatic rings. The van der Waals surface area contributed by atoms with Crippen molar-refractivity contribution in [1.29, 1.82) is 0 Å². The van der Waals surface area contributed by atoms with E-state index in [0.717, 1.165) is 32.8 Å². The lowest BCUT2D eigenvalue weighted by molar-refractivity contribution is 0.671. The van der Waals surface area contributed by atoms with E-state index in [-0.39, 0.29) is 11.8 Å². The summed E-state index contributed by atoms with van der Waals surface area (Å²) in [6, 6.07) is 43.5. The molecule has 2 unspecified atom stereocenters. The molecule has 0 fully saturated rings. The van der Waals surface area contributed by atoms with Crippen molar-refractivity contribution in [3.05, 3.63) is 173 Å². The summed E-state index contributed by atoms with van der Waals surface area (Å²) in [7, 11) is 0. The van der Waals surface area contributed by atoms with Crippen LogP contribution in [0.15, 0.2) is 156 Å². The van der Waals surface area contributed by atoms with E-state index >= 15 is 0 Å². The van der Waals surface area contributed by atoms with Crippen LogP contribution in [0.25, 0.3) is 55.1 Å². The summed E-state index contributed by atoms with van der Waals surface area (Å²) in [5, 5.41) is 5.83. The second-order valence-corrected chi connectivity index (χ2v) is 11.5. The fraction of sp³-hybridized carbons (Fsp3) is 0.0488. The highest BCUT2D eigenvalue weighted by atomic mass is 16.3. The standard InChI is InChI=1S/C41H27NO/c1-2-10-26(11-3-1)27-18-20-28(21-19-27)38-32-14-6-8-16-34(32)39(35-17-9-7-15-33(35)38)29-22-23-37-36(24-29)40-41(43-37)31-13-5-4-12-30(31)25-42-40/h1-25,32,34H. The minimum Gasteiger partial charge on any atom is -0.454 e. The maximum atomic E-state index is 6.40. The van der Waals surface area contributed by atoms with Crippen LogP contribution in [0.5, 0.6) is 0 Å². The predicted molar refractivity (Wildman–Crippen MR) is 177 cm³/mol. The van der Waals surface area contributed by atoms with Gasteiger partial charge >= 0.3 is 0 Å². The minimum absolute atomic E-state index is 0.216. The van der Waals surface area contributed by atoms with E-state index in [2.05, 4.69) is 140 Å². The van der Waals surface area contributed by atoms with Crippen LogP contribution in [-0.2, 0) is 0 Å². The first-order valence-corrected chi connectivity index (χ1v) is 14.9. The van der Waals surface area contributed by atoms with Crippen LogP contribution < -0.4 is 10.4 Å². The van der Waals surface area contributed by atoms with Gasteiger partial charge in [-0.2, -0.15) is 0 Å². The summed E-state index contributed by atoms with van der Waals surface area (Å²) < 4.78 is 6.40. The summed E-state index contributed by atoms with van der Waals surface area (Å²) in [6.45, 7) is 0. The van der Waals surface area contributed by atoms with Crippen LogP contribution >= 0.6 is 0 Å². The largest absolute Gasteiger partial charge is 0.454 e. The molecule has 2 aromatic heterocycles. The zero-order chi connectivity index (χ0) is 28.3. The molecule has 9 rings (SSSR count). The van der Waals surface area contributed by atoms with Gasteiger partial charge in [-0.3, -0.25) is 4.98 Å². The zero-order valence-electron chi connectivity index (χ0n) is 23.4. The summed E-state index contributed by atoms with van der Waals surface area (Å²) >= 11 is 0. The number of pyridine rings is 1. The molecule has 0 amide bonds. The Morgan fingerprint density at radius 1 is 0.512 bits per heavy atom. The van der Waals surface area contributed by atoms with Crippen LogP contribution in [0.4, 0.5) is 0 Å². The molecule has 43 heavy (non-hydrogen) atoms. The zero-order valence-corrected chi connectivity index (χ0v) is 23.4. The van der Waals surface area contributed by atoms with Crippen molar-refractivity contribution in [3.63, 3.8) is 0 Å². The lowest BCUT2D eigenvalue weighted by atomic mass is 9.70. The first-order chi connectivity index (χ1) is 21.3. The molecule has 2 heterocycles. The summed E-state index contributed by atoms with van der Waals surface area (Å²) in [4.78, 5) is 4.86. The van der Waals surface area contributed by atoms with Gasteiger partial charge < -0.3 is 4.42 Å². The molecule has 0 bridgehead atoms. The number of nitrogens with zero attached hydrogens (tertiary/aromatic N) is 1. The normalized spacial score (nSPS) is 17.5. The van der Waals surface area contributed by atoms with Gasteiger partial charge in [-0.15, -0.1) is 0 Å². The van der Waals surface area contributed by atoms with E-state index in [9.17, 15) is 0 Å². The predicted octanol–water partition coefficient (Wildman–Crippen LogP) is 8.57. The number of allylic oxidation sites excluding steroid dienone is 4. The highest BCUT2D eigenvalue weighted by Crippen LogP contribution is 2.42. The van der Waals surface area contributed by atoms with Crippen molar-refractivity contribution in [3.8, 4) is 11.1 Å². The molecule has 202 valence electrons. The first-order valence-electron chi connectivity index (χ1n) is 14.9. The van der Waals surface area contributed by atoms with Crippen molar-refractivity contribution in [2.24, 2.45) is 11.8 Å². The van der Waals surface area contributed by atoms with Crippen LogP contribution in [0.2, 0.25) is 0 Å². The Hall–Kier alpha value is -5.47. The molecule has 0 aliphatic heterocycles. The van der Waals surface area contributed by atoms with Gasteiger partial charge in [-0.05, 0) is 56.0 Å². The van der Waals surface area contributed by atoms with Crippen molar-refractivity contribution >= 4 is 44.0 Å². The molecule has 0 saturated heterocycles. The van der Waals surface area contributed by atoms with Gasteiger partial charge in [0.1, 0.15) is 11.1 Å². The number of aromatic nitrogens is 1. The van der Waals surface area contributed by atoms with Gasteiger partial charge in [0, 0.05) is 34.2 Å². The number of furan rings is 1. The Kier molecular flexibility index (Phi) is 5.36. The number of hydrogen-bond donors (Lipinski definition) is 0. The Morgan fingerprint density at radius 3 is 1.88 bits per heavy atom. The molecule has 0 radical (unpaired) electrons. The molecule has 7 aromatic rings. The van der Waals surface area contributed by atoms with Crippen LogP contribution in [0.1, 0.15) is 11.1 Å². The molecular formula is C41H27NO. The molecule has 0 saturated carbocycles. The third-order valence-corrected chi connectivity index (χ3v) is 9.12. The Morgan fingerprint density at radius 2 is 1.12 bits per heavy atom. The maximum absolute atomic E-state index is 6.40. The third kappa shape index (κ3) is 3.77. The van der Waals surface area contributed by atoms with E-state index in [1.807, 2.05) is 12.3 Å². The van der Waals surface area contributed by atoms with E-state index in [1.54, 1.807) is 0 Å². The van der Waals surface area contributed by atoms with E-state index in [1.165, 1.54) is 43.8 Å². The molecule has 5 aromatic carbocycles. The lowest BCUT2D eigenvalue weighted by Crippen LogP contribution is -2.40. The van der Waals surface area contributed by atoms with Gasteiger partial charge in [0.25, 0.3) is 0 Å². The average molecular weight is 550 g/mol. The summed E-state index contributed by atoms with van der Waals surface area (Å²) in [6.07, 6.45) is 11.1. The van der Waals surface area contributed by atoms with Gasteiger partial charge in [0.2, 0.25) is 0 Å². The van der Waals surface area contributed by atoms with Crippen molar-refractivity contribution < 1.29 is 4.42 Å². The topological polar surface area (TPSA) is 26.0 Å². The second-order valence-electron chi connectivity index (χ2n) is 11.5. The first kappa shape index (κ1) is 24.2. The molecule has 0 spiro atoms. The van der Waals surface area contributed by atoms with Crippen LogP contribution in [0.3, 0.4) is 0 Å². The lowest BCUT2D eigenvalue weighted by Gasteiger charge is -2.33. The Bertz CT molecular complexity index is 2390. The molecular weight excluding hydrogens is 522 g/mol. The number of fused-ring (bicyclic) bond motifs is 7. The quantitative estimate of drug-likeness (QED) is 0.221. The monoisotopic (exact) mass is 549 g/mol. The number of benzene rings is 5. The fourth-order valence-corrected chi connectivity index (χ4v) is 7.15. The minimum atomic E-state index is 0.216. The maximum Gasteiger partial charge on any atom is 0.161 e. The molecule has 2 nitrogen and oxygen atoms in total. The fourth-order valence-electron chi connectivity index (χ4n) is 7.15. The molecule has 2 heteroatoms. The Labute approximate surface area is 249 Å². The molecule has 2 aliphatic carbocycles. The second kappa shape index (κ2) is 9.54. The third-order valence-electron chi connectivity index (χ3n) is 9.12. The SMILES string of the molecule is C1=CC2C(c3ccc(-c4ccccc4)cc3)=c3ccccc3=C(c3ccc4oc5c6ccccc6cnc5c4c3)C2C=C1. The van der Waals surface area contributed by atoms with Crippen LogP contribution in [0, 0.1) is 11.8 Å². The van der Waals surface area contributed by atoms with E-state index in [0.29, 0.717) is 0 Å². The van der Waals surface area contributed by atoms with Gasteiger partial charge in [-0.1, -0.05) is 133 Å². The number of rotatable bonds is 3. The van der Waals surface area contributed by atoms with Gasteiger partial charge in [0.05, 0.1) is 0 Å². The van der Waals surface area contributed by atoms with E-state index < -0.39 is 0 Å².